The van der Waals surface area contributed by atoms with E-state index in [0.29, 0.717) is 28.5 Å². The molecule has 1 amide bonds. The number of aromatic nitrogens is 2. The van der Waals surface area contributed by atoms with Crippen LogP contribution in [0.2, 0.25) is 0 Å². The van der Waals surface area contributed by atoms with Crippen molar-refractivity contribution in [1.29, 1.82) is 0 Å². The van der Waals surface area contributed by atoms with Gasteiger partial charge in [-0.1, -0.05) is 17.8 Å². The number of benzene rings is 1. The summed E-state index contributed by atoms with van der Waals surface area (Å²) in [6.45, 7) is 4.96. The van der Waals surface area contributed by atoms with Crippen LogP contribution in [-0.4, -0.2) is 41.5 Å². The van der Waals surface area contributed by atoms with Crippen molar-refractivity contribution in [3.05, 3.63) is 51.1 Å². The first-order valence-electron chi connectivity index (χ1n) is 8.47. The van der Waals surface area contributed by atoms with Crippen LogP contribution in [0.25, 0.3) is 15.9 Å². The summed E-state index contributed by atoms with van der Waals surface area (Å²) in [4.78, 5) is 29.7. The number of nitrogens with zero attached hydrogens (tertiary/aromatic N) is 2. The van der Waals surface area contributed by atoms with Gasteiger partial charge in [-0.2, -0.15) is 0 Å². The second-order valence-electron chi connectivity index (χ2n) is 6.07. The molecule has 0 aliphatic heterocycles. The smallest absolute Gasteiger partial charge is 0.276 e. The summed E-state index contributed by atoms with van der Waals surface area (Å²) in [6, 6.07) is 7.70. The number of hydrogen-bond donors (Lipinski definition) is 1. The molecule has 6 nitrogen and oxygen atoms in total. The summed E-state index contributed by atoms with van der Waals surface area (Å²) in [5.74, 6) is 0.0553. The lowest BCUT2D eigenvalue weighted by atomic mass is 10.1. The van der Waals surface area contributed by atoms with E-state index in [2.05, 4.69) is 10.3 Å². The van der Waals surface area contributed by atoms with E-state index in [0.717, 1.165) is 16.8 Å². The molecule has 0 fully saturated rings. The second-order valence-corrected chi connectivity index (χ2v) is 7.93. The fraction of sp³-hybridized carbons (Fsp3) is 0.316. The third-order valence-corrected chi connectivity index (χ3v) is 5.99. The maximum Gasteiger partial charge on any atom is 0.276 e. The number of thioether (sulfide) groups is 1. The van der Waals surface area contributed by atoms with Gasteiger partial charge in [-0.15, -0.1) is 11.3 Å². The molecule has 0 radical (unpaired) electrons. The zero-order valence-corrected chi connectivity index (χ0v) is 17.1. The first-order chi connectivity index (χ1) is 13.0. The zero-order valence-electron chi connectivity index (χ0n) is 15.4. The van der Waals surface area contributed by atoms with Gasteiger partial charge in [-0.3, -0.25) is 14.2 Å². The van der Waals surface area contributed by atoms with Crippen LogP contribution < -0.4 is 10.9 Å². The minimum Gasteiger partial charge on any atom is -0.383 e. The molecule has 3 aromatic rings. The highest BCUT2D eigenvalue weighted by Crippen LogP contribution is 2.24. The average molecular weight is 404 g/mol. The van der Waals surface area contributed by atoms with Crippen molar-refractivity contribution in [2.75, 3.05) is 26.0 Å². The van der Waals surface area contributed by atoms with Gasteiger partial charge in [-0.05, 0) is 48.6 Å². The average Bonchev–Trinajstić information content (AvgIpc) is 3.12. The number of carbonyl (C=O) groups excluding carboxylic acids is 1. The molecule has 8 heteroatoms. The Morgan fingerprint density at radius 3 is 2.85 bits per heavy atom. The Kier molecular flexibility index (Phi) is 6.30. The molecule has 2 heterocycles. The molecule has 0 spiro atoms. The van der Waals surface area contributed by atoms with Gasteiger partial charge in [0, 0.05) is 13.7 Å². The minimum atomic E-state index is -0.122. The fourth-order valence-corrected chi connectivity index (χ4v) is 4.16. The SMILES string of the molecule is COCCNC(=O)CSc1nc2ccsc2c(=O)n1-c1ccc(C)c(C)c1. The first-order valence-corrected chi connectivity index (χ1v) is 10.3. The highest BCUT2D eigenvalue weighted by atomic mass is 32.2. The number of aryl methyl sites for hydroxylation is 2. The van der Waals surface area contributed by atoms with E-state index in [1.165, 1.54) is 23.1 Å². The largest absolute Gasteiger partial charge is 0.383 e. The summed E-state index contributed by atoms with van der Waals surface area (Å²) < 4.78 is 7.14. The van der Waals surface area contributed by atoms with Crippen LogP contribution in [0.4, 0.5) is 0 Å². The number of amides is 1. The molecule has 0 aliphatic rings. The fourth-order valence-electron chi connectivity index (χ4n) is 2.55. The molecule has 0 saturated carbocycles. The normalized spacial score (nSPS) is 11.1. The van der Waals surface area contributed by atoms with Crippen molar-refractivity contribution in [3.63, 3.8) is 0 Å². The number of carbonyl (C=O) groups is 1. The monoisotopic (exact) mass is 403 g/mol. The van der Waals surface area contributed by atoms with Gasteiger partial charge in [-0.25, -0.2) is 4.98 Å². The predicted octanol–water partition coefficient (Wildman–Crippen LogP) is 2.92. The standard InChI is InChI=1S/C19H21N3O3S2/c1-12-4-5-14(10-13(12)2)22-18(24)17-15(6-9-26-17)21-19(22)27-11-16(23)20-7-8-25-3/h4-6,9-10H,7-8,11H2,1-3H3,(H,20,23). The van der Waals surface area contributed by atoms with Gasteiger partial charge in [0.1, 0.15) is 4.70 Å². The first kappa shape index (κ1) is 19.6. The maximum atomic E-state index is 13.1. The molecule has 3 rings (SSSR count). The molecule has 1 aromatic carbocycles. The molecule has 0 bridgehead atoms. The van der Waals surface area contributed by atoms with Crippen LogP contribution in [0.5, 0.6) is 0 Å². The molecule has 1 N–H and O–H groups in total. The number of thiophene rings is 1. The van der Waals surface area contributed by atoms with E-state index >= 15 is 0 Å². The lowest BCUT2D eigenvalue weighted by Crippen LogP contribution is -2.29. The molecular formula is C19H21N3O3S2. The molecule has 0 atom stereocenters. The Labute approximate surface area is 165 Å². The van der Waals surface area contributed by atoms with Crippen LogP contribution in [0.15, 0.2) is 39.6 Å². The highest BCUT2D eigenvalue weighted by molar-refractivity contribution is 7.99. The summed E-state index contributed by atoms with van der Waals surface area (Å²) in [5.41, 5.74) is 3.56. The van der Waals surface area contributed by atoms with E-state index in [4.69, 9.17) is 4.74 Å². The van der Waals surface area contributed by atoms with Gasteiger partial charge in [0.25, 0.3) is 5.56 Å². The van der Waals surface area contributed by atoms with Crippen molar-refractivity contribution in [1.82, 2.24) is 14.9 Å². The lowest BCUT2D eigenvalue weighted by Gasteiger charge is -2.13. The van der Waals surface area contributed by atoms with Crippen LogP contribution in [-0.2, 0) is 9.53 Å². The second kappa shape index (κ2) is 8.69. The van der Waals surface area contributed by atoms with Crippen molar-refractivity contribution < 1.29 is 9.53 Å². The molecule has 142 valence electrons. The number of methoxy groups -OCH3 is 1. The molecule has 0 saturated heterocycles. The van der Waals surface area contributed by atoms with Crippen molar-refractivity contribution in [3.8, 4) is 5.69 Å². The number of fused-ring (bicyclic) bond motifs is 1. The number of hydrogen-bond acceptors (Lipinski definition) is 6. The summed E-state index contributed by atoms with van der Waals surface area (Å²) >= 11 is 2.63. The van der Waals surface area contributed by atoms with Gasteiger partial charge >= 0.3 is 0 Å². The lowest BCUT2D eigenvalue weighted by molar-refractivity contribution is -0.118. The zero-order chi connectivity index (χ0) is 19.4. The summed E-state index contributed by atoms with van der Waals surface area (Å²) in [5, 5.41) is 5.15. The summed E-state index contributed by atoms with van der Waals surface area (Å²) in [6.07, 6.45) is 0. The van der Waals surface area contributed by atoms with E-state index in [9.17, 15) is 9.59 Å². The Morgan fingerprint density at radius 1 is 1.30 bits per heavy atom. The molecule has 27 heavy (non-hydrogen) atoms. The van der Waals surface area contributed by atoms with E-state index in [1.807, 2.05) is 43.5 Å². The van der Waals surface area contributed by atoms with Crippen molar-refractivity contribution in [2.24, 2.45) is 0 Å². The molecule has 0 unspecified atom stereocenters. The molecule has 2 aromatic heterocycles. The quantitative estimate of drug-likeness (QED) is 0.373. The van der Waals surface area contributed by atoms with Crippen LogP contribution >= 0.6 is 23.1 Å². The maximum absolute atomic E-state index is 13.1. The van der Waals surface area contributed by atoms with Crippen LogP contribution in [0.3, 0.4) is 0 Å². The third kappa shape index (κ3) is 4.40. The Balaban J connectivity index is 1.96. The molecular weight excluding hydrogens is 382 g/mol. The van der Waals surface area contributed by atoms with E-state index < -0.39 is 0 Å². The number of rotatable bonds is 7. The van der Waals surface area contributed by atoms with Crippen molar-refractivity contribution >= 4 is 39.2 Å². The third-order valence-electron chi connectivity index (χ3n) is 4.16. The number of ether oxygens (including phenoxy) is 1. The van der Waals surface area contributed by atoms with E-state index in [-0.39, 0.29) is 17.2 Å². The molecule has 0 aliphatic carbocycles. The predicted molar refractivity (Wildman–Crippen MR) is 110 cm³/mol. The van der Waals surface area contributed by atoms with Gasteiger partial charge in [0.05, 0.1) is 23.6 Å². The highest BCUT2D eigenvalue weighted by Gasteiger charge is 2.16. The van der Waals surface area contributed by atoms with Gasteiger partial charge in [0.15, 0.2) is 5.16 Å². The number of nitrogens with one attached hydrogen (secondary N) is 1. The Hall–Kier alpha value is -2.16. The minimum absolute atomic E-state index is 0.111. The van der Waals surface area contributed by atoms with E-state index in [1.54, 1.807) is 11.7 Å². The Bertz CT molecular complexity index is 1030. The van der Waals surface area contributed by atoms with Crippen LogP contribution in [0, 0.1) is 13.8 Å². The van der Waals surface area contributed by atoms with Gasteiger partial charge < -0.3 is 10.1 Å². The van der Waals surface area contributed by atoms with Crippen molar-refractivity contribution in [2.45, 2.75) is 19.0 Å². The van der Waals surface area contributed by atoms with Crippen LogP contribution in [0.1, 0.15) is 11.1 Å². The summed E-state index contributed by atoms with van der Waals surface area (Å²) in [7, 11) is 1.59. The topological polar surface area (TPSA) is 73.2 Å². The Morgan fingerprint density at radius 2 is 2.11 bits per heavy atom. The van der Waals surface area contributed by atoms with Gasteiger partial charge in [0.2, 0.25) is 5.91 Å².